The maximum atomic E-state index is 12.5. The zero-order valence-corrected chi connectivity index (χ0v) is 15.9. The summed E-state index contributed by atoms with van der Waals surface area (Å²) in [5.41, 5.74) is 0.836. The lowest BCUT2D eigenvalue weighted by molar-refractivity contribution is 0.0600. The molecule has 0 aliphatic carbocycles. The number of halogens is 1. The minimum atomic E-state index is -3.60. The molecular weight excluding hydrogens is 352 g/mol. The molecule has 1 aromatic carbocycles. The van der Waals surface area contributed by atoms with Gasteiger partial charge in [-0.2, -0.15) is 0 Å². The molecule has 0 amide bonds. The van der Waals surface area contributed by atoms with Crippen molar-refractivity contribution in [3.63, 3.8) is 0 Å². The molecule has 1 saturated heterocycles. The minimum Gasteiger partial charge on any atom is -0.465 e. The first-order valence-corrected chi connectivity index (χ1v) is 9.15. The minimum absolute atomic E-state index is 0. The van der Waals surface area contributed by atoms with Crippen LogP contribution in [0.15, 0.2) is 23.1 Å². The van der Waals surface area contributed by atoms with E-state index in [4.69, 9.17) is 0 Å². The van der Waals surface area contributed by atoms with Crippen LogP contribution in [0.25, 0.3) is 0 Å². The topological polar surface area (TPSA) is 84.5 Å². The molecule has 0 saturated carbocycles. The molecule has 0 aromatic heterocycles. The maximum Gasteiger partial charge on any atom is 0.337 e. The Morgan fingerprint density at radius 3 is 2.50 bits per heavy atom. The summed E-state index contributed by atoms with van der Waals surface area (Å²) >= 11 is 0. The van der Waals surface area contributed by atoms with Crippen molar-refractivity contribution in [3.05, 3.63) is 29.3 Å². The Balaban J connectivity index is 0.00000288. The zero-order chi connectivity index (χ0) is 17.1. The molecule has 1 fully saturated rings. The molecule has 0 atom stereocenters. The van der Waals surface area contributed by atoms with Gasteiger partial charge in [0.05, 0.1) is 17.6 Å². The van der Waals surface area contributed by atoms with Crippen molar-refractivity contribution < 1.29 is 17.9 Å². The van der Waals surface area contributed by atoms with E-state index in [1.807, 2.05) is 0 Å². The van der Waals surface area contributed by atoms with Crippen molar-refractivity contribution in [2.75, 3.05) is 26.7 Å². The number of hydrogen-bond donors (Lipinski definition) is 2. The summed E-state index contributed by atoms with van der Waals surface area (Å²) in [7, 11) is -2.30. The van der Waals surface area contributed by atoms with Crippen LogP contribution in [0.5, 0.6) is 0 Å². The summed E-state index contributed by atoms with van der Waals surface area (Å²) in [6.45, 7) is 6.00. The van der Waals surface area contributed by atoms with Crippen molar-refractivity contribution in [3.8, 4) is 0 Å². The van der Waals surface area contributed by atoms with Crippen molar-refractivity contribution in [1.29, 1.82) is 0 Å². The first-order valence-electron chi connectivity index (χ1n) is 7.67. The molecule has 1 aliphatic rings. The van der Waals surface area contributed by atoms with E-state index >= 15 is 0 Å². The largest absolute Gasteiger partial charge is 0.465 e. The Kier molecular flexibility index (Phi) is 7.22. The third kappa shape index (κ3) is 4.92. The van der Waals surface area contributed by atoms with Crippen molar-refractivity contribution in [1.82, 2.24) is 10.0 Å². The number of esters is 1. The maximum absolute atomic E-state index is 12.5. The molecule has 2 rings (SSSR count). The molecular formula is C16H25ClN2O4S. The van der Waals surface area contributed by atoms with Crippen molar-refractivity contribution in [2.24, 2.45) is 5.41 Å². The molecule has 0 spiro atoms. The van der Waals surface area contributed by atoms with Gasteiger partial charge in [-0.25, -0.2) is 17.9 Å². The van der Waals surface area contributed by atoms with Crippen molar-refractivity contribution in [2.45, 2.75) is 31.6 Å². The number of nitrogens with one attached hydrogen (secondary N) is 2. The zero-order valence-electron chi connectivity index (χ0n) is 14.2. The van der Waals surface area contributed by atoms with Crippen LogP contribution in [-0.4, -0.2) is 41.1 Å². The van der Waals surface area contributed by atoms with Gasteiger partial charge < -0.3 is 10.1 Å². The van der Waals surface area contributed by atoms with Crippen LogP contribution in [0.2, 0.25) is 0 Å². The van der Waals surface area contributed by atoms with Crippen LogP contribution in [-0.2, 0) is 14.8 Å². The van der Waals surface area contributed by atoms with E-state index < -0.39 is 16.0 Å². The molecule has 2 N–H and O–H groups in total. The van der Waals surface area contributed by atoms with E-state index in [0.717, 1.165) is 25.9 Å². The predicted octanol–water partition coefficient (Wildman–Crippen LogP) is 1.87. The first kappa shape index (κ1) is 20.9. The van der Waals surface area contributed by atoms with Crippen LogP contribution in [0, 0.1) is 12.3 Å². The SMILES string of the molecule is COC(=O)c1ccc(S(=O)(=O)NCC2(C)CCNCC2)c(C)c1.Cl. The summed E-state index contributed by atoms with van der Waals surface area (Å²) < 4.78 is 32.5. The Hall–Kier alpha value is -1.15. The summed E-state index contributed by atoms with van der Waals surface area (Å²) in [5.74, 6) is -0.479. The van der Waals surface area contributed by atoms with Gasteiger partial charge in [0.15, 0.2) is 0 Å². The number of rotatable bonds is 5. The van der Waals surface area contributed by atoms with Gasteiger partial charge in [0, 0.05) is 6.54 Å². The number of piperidine rings is 1. The van der Waals surface area contributed by atoms with Gasteiger partial charge in [0.1, 0.15) is 0 Å². The van der Waals surface area contributed by atoms with Gasteiger partial charge in [0.2, 0.25) is 10.0 Å². The van der Waals surface area contributed by atoms with Gasteiger partial charge in [-0.15, -0.1) is 12.4 Å². The predicted molar refractivity (Wildman–Crippen MR) is 95.2 cm³/mol. The summed E-state index contributed by atoms with van der Waals surface area (Å²) in [6, 6.07) is 4.46. The second-order valence-corrected chi connectivity index (χ2v) is 8.09. The van der Waals surface area contributed by atoms with Crippen LogP contribution < -0.4 is 10.0 Å². The highest BCUT2D eigenvalue weighted by Crippen LogP contribution is 2.27. The van der Waals surface area contributed by atoms with Gasteiger partial charge in [-0.05, 0) is 62.0 Å². The first-order chi connectivity index (χ1) is 10.8. The number of hydrogen-bond acceptors (Lipinski definition) is 5. The molecule has 8 heteroatoms. The van der Waals surface area contributed by atoms with Gasteiger partial charge >= 0.3 is 5.97 Å². The second kappa shape index (κ2) is 8.29. The van der Waals surface area contributed by atoms with Crippen LogP contribution in [0.4, 0.5) is 0 Å². The van der Waals surface area contributed by atoms with E-state index in [1.165, 1.54) is 25.3 Å². The normalized spacial score (nSPS) is 17.0. The molecule has 1 aromatic rings. The molecule has 6 nitrogen and oxygen atoms in total. The average Bonchev–Trinajstić information content (AvgIpc) is 2.53. The van der Waals surface area contributed by atoms with Crippen LogP contribution in [0.3, 0.4) is 0 Å². The third-order valence-corrected chi connectivity index (χ3v) is 5.95. The van der Waals surface area contributed by atoms with E-state index in [-0.39, 0.29) is 22.7 Å². The molecule has 0 unspecified atom stereocenters. The Morgan fingerprint density at radius 2 is 1.96 bits per heavy atom. The van der Waals surface area contributed by atoms with Gasteiger partial charge in [-0.1, -0.05) is 6.92 Å². The standard InChI is InChI=1S/C16H24N2O4S.ClH/c1-12-10-13(15(19)22-3)4-5-14(12)23(20,21)18-11-16(2)6-8-17-9-7-16;/h4-5,10,17-18H,6-9,11H2,1-3H3;1H. The number of benzene rings is 1. The summed E-state index contributed by atoms with van der Waals surface area (Å²) in [5, 5.41) is 3.28. The highest BCUT2D eigenvalue weighted by atomic mass is 35.5. The number of carbonyl (C=O) groups excluding carboxylic acids is 1. The summed E-state index contributed by atoms with van der Waals surface area (Å²) in [4.78, 5) is 11.7. The fourth-order valence-electron chi connectivity index (χ4n) is 2.75. The quantitative estimate of drug-likeness (QED) is 0.766. The Morgan fingerprint density at radius 1 is 1.33 bits per heavy atom. The van der Waals surface area contributed by atoms with E-state index in [1.54, 1.807) is 6.92 Å². The van der Waals surface area contributed by atoms with E-state index in [9.17, 15) is 13.2 Å². The number of aryl methyl sites for hydroxylation is 1. The lowest BCUT2D eigenvalue weighted by atomic mass is 9.81. The fraction of sp³-hybridized carbons (Fsp3) is 0.562. The lowest BCUT2D eigenvalue weighted by Crippen LogP contribution is -2.42. The van der Waals surface area contributed by atoms with Gasteiger partial charge in [0.25, 0.3) is 0 Å². The molecule has 1 heterocycles. The number of carbonyl (C=O) groups is 1. The van der Waals surface area contributed by atoms with Crippen LogP contribution >= 0.6 is 12.4 Å². The molecule has 0 radical (unpaired) electrons. The smallest absolute Gasteiger partial charge is 0.337 e. The number of ether oxygens (including phenoxy) is 1. The number of sulfonamides is 1. The van der Waals surface area contributed by atoms with Crippen molar-refractivity contribution >= 4 is 28.4 Å². The lowest BCUT2D eigenvalue weighted by Gasteiger charge is -2.34. The monoisotopic (exact) mass is 376 g/mol. The third-order valence-electron chi connectivity index (χ3n) is 4.39. The van der Waals surface area contributed by atoms with Crippen LogP contribution in [0.1, 0.15) is 35.7 Å². The highest BCUT2D eigenvalue weighted by molar-refractivity contribution is 7.89. The van der Waals surface area contributed by atoms with E-state index in [0.29, 0.717) is 17.7 Å². The Labute approximate surface area is 149 Å². The summed E-state index contributed by atoms with van der Waals surface area (Å²) in [6.07, 6.45) is 1.88. The molecule has 1 aliphatic heterocycles. The average molecular weight is 377 g/mol. The molecule has 0 bridgehead atoms. The number of methoxy groups -OCH3 is 1. The van der Waals surface area contributed by atoms with Gasteiger partial charge in [-0.3, -0.25) is 0 Å². The fourth-order valence-corrected chi connectivity index (χ4v) is 4.17. The van der Waals surface area contributed by atoms with E-state index in [2.05, 4.69) is 21.7 Å². The highest BCUT2D eigenvalue weighted by Gasteiger charge is 2.29. The Bertz CT molecular complexity index is 685. The molecule has 24 heavy (non-hydrogen) atoms. The molecule has 136 valence electrons. The second-order valence-electron chi connectivity index (χ2n) is 6.36.